The molecular formula is C14H15F3O4S2. The number of benzene rings is 1. The van der Waals surface area contributed by atoms with Crippen molar-refractivity contribution < 1.29 is 30.6 Å². The summed E-state index contributed by atoms with van der Waals surface area (Å²) in [5.41, 5.74) is -4.22. The molecule has 3 rings (SSSR count). The van der Waals surface area contributed by atoms with Crippen molar-refractivity contribution in [2.24, 2.45) is 0 Å². The second-order valence-electron chi connectivity index (χ2n) is 4.81. The van der Waals surface area contributed by atoms with Crippen molar-refractivity contribution in [2.75, 3.05) is 0 Å². The zero-order valence-electron chi connectivity index (χ0n) is 12.4. The molecule has 0 spiro atoms. The first-order valence-corrected chi connectivity index (χ1v) is 9.37. The number of hydrogen-bond donors (Lipinski definition) is 0. The van der Waals surface area contributed by atoms with E-state index in [2.05, 4.69) is 4.18 Å². The molecule has 2 heterocycles. The van der Waals surface area contributed by atoms with Gasteiger partial charge >= 0.3 is 15.6 Å². The molecule has 23 heavy (non-hydrogen) atoms. The van der Waals surface area contributed by atoms with E-state index in [1.54, 1.807) is 17.8 Å². The summed E-state index contributed by atoms with van der Waals surface area (Å²) >= 11 is 1.56. The van der Waals surface area contributed by atoms with E-state index in [9.17, 15) is 26.4 Å². The van der Waals surface area contributed by atoms with Gasteiger partial charge in [0.25, 0.3) is 0 Å². The van der Waals surface area contributed by atoms with Gasteiger partial charge in [0, 0.05) is 21.6 Å². The summed E-state index contributed by atoms with van der Waals surface area (Å²) in [6, 6.07) is 2.64. The molecule has 0 radical (unpaired) electrons. The van der Waals surface area contributed by atoms with Crippen LogP contribution in [0.1, 0.15) is 58.7 Å². The molecule has 2 bridgehead atoms. The van der Waals surface area contributed by atoms with Gasteiger partial charge in [0.1, 0.15) is 12.0 Å². The lowest BCUT2D eigenvalue weighted by Gasteiger charge is -2.19. The van der Waals surface area contributed by atoms with Gasteiger partial charge in [-0.3, -0.25) is 4.79 Å². The van der Waals surface area contributed by atoms with Crippen molar-refractivity contribution in [1.29, 1.82) is 0 Å². The summed E-state index contributed by atoms with van der Waals surface area (Å²) in [4.78, 5) is 10.9. The van der Waals surface area contributed by atoms with E-state index in [0.29, 0.717) is 17.4 Å². The Morgan fingerprint density at radius 1 is 1.22 bits per heavy atom. The van der Waals surface area contributed by atoms with Gasteiger partial charge in [-0.05, 0) is 30.5 Å². The molecule has 9 heteroatoms. The van der Waals surface area contributed by atoms with Crippen molar-refractivity contribution in [3.8, 4) is 5.75 Å². The molecule has 1 aromatic carbocycles. The molecule has 0 aliphatic carbocycles. The number of rotatable bonds is 3. The third-order valence-corrected chi connectivity index (χ3v) is 6.09. The van der Waals surface area contributed by atoms with Crippen LogP contribution in [-0.4, -0.2) is 20.2 Å². The third-order valence-electron chi connectivity index (χ3n) is 3.50. The second kappa shape index (κ2) is 6.35. The summed E-state index contributed by atoms with van der Waals surface area (Å²) in [7, 11) is -5.74. The summed E-state index contributed by atoms with van der Waals surface area (Å²) in [5.74, 6) is -0.383. The standard InChI is InChI=1S/C12H9F3O4S2.C2H6/c13-12(14,15)21(17,18)19-8-4-6(5-16)3-7-9-1-2-10(20-9)11(7)8;1-2/h3-5,9-10H,1-2H2;1-2H3. The lowest BCUT2D eigenvalue weighted by atomic mass is 9.90. The Morgan fingerprint density at radius 2 is 1.83 bits per heavy atom. The van der Waals surface area contributed by atoms with Crippen LogP contribution in [0.15, 0.2) is 12.1 Å². The number of carbonyl (C=O) groups is 1. The van der Waals surface area contributed by atoms with Crippen LogP contribution in [0.3, 0.4) is 0 Å². The molecule has 0 aromatic heterocycles. The fourth-order valence-electron chi connectivity index (χ4n) is 2.66. The Balaban J connectivity index is 0.000000924. The third kappa shape index (κ3) is 3.21. The van der Waals surface area contributed by atoms with Gasteiger partial charge in [-0.1, -0.05) is 13.8 Å². The van der Waals surface area contributed by atoms with Gasteiger partial charge < -0.3 is 4.18 Å². The van der Waals surface area contributed by atoms with E-state index < -0.39 is 15.6 Å². The summed E-state index contributed by atoms with van der Waals surface area (Å²) in [6.45, 7) is 4.00. The van der Waals surface area contributed by atoms with E-state index in [1.807, 2.05) is 13.8 Å². The molecule has 128 valence electrons. The number of hydrogen-bond acceptors (Lipinski definition) is 5. The number of carbonyl (C=O) groups excluding carboxylic acids is 1. The molecule has 2 aliphatic heterocycles. The van der Waals surface area contributed by atoms with Gasteiger partial charge in [0.05, 0.1) is 0 Å². The molecule has 4 nitrogen and oxygen atoms in total. The summed E-state index contributed by atoms with van der Waals surface area (Å²) < 4.78 is 64.0. The minimum absolute atomic E-state index is 0.0795. The van der Waals surface area contributed by atoms with Crippen LogP contribution >= 0.6 is 11.8 Å². The molecule has 1 fully saturated rings. The van der Waals surface area contributed by atoms with Crippen LogP contribution in [0, 0.1) is 0 Å². The minimum Gasteiger partial charge on any atom is -0.376 e. The minimum atomic E-state index is -5.74. The molecule has 0 N–H and O–H groups in total. The maximum Gasteiger partial charge on any atom is 0.534 e. The van der Waals surface area contributed by atoms with Crippen LogP contribution in [0.4, 0.5) is 13.2 Å². The predicted octanol–water partition coefficient (Wildman–Crippen LogP) is 4.38. The average Bonchev–Trinajstić information content (AvgIpc) is 3.09. The molecule has 1 aromatic rings. The zero-order valence-corrected chi connectivity index (χ0v) is 14.0. The van der Waals surface area contributed by atoms with E-state index in [4.69, 9.17) is 0 Å². The molecule has 2 aliphatic rings. The van der Waals surface area contributed by atoms with Gasteiger partial charge in [-0.2, -0.15) is 21.6 Å². The zero-order chi connectivity index (χ0) is 17.4. The van der Waals surface area contributed by atoms with E-state index in [1.165, 1.54) is 0 Å². The van der Waals surface area contributed by atoms with E-state index >= 15 is 0 Å². The molecular weight excluding hydrogens is 353 g/mol. The topological polar surface area (TPSA) is 60.4 Å². The first-order valence-electron chi connectivity index (χ1n) is 7.02. The second-order valence-corrected chi connectivity index (χ2v) is 7.76. The van der Waals surface area contributed by atoms with Crippen LogP contribution in [0.5, 0.6) is 5.75 Å². The Labute approximate surface area is 136 Å². The smallest absolute Gasteiger partial charge is 0.376 e. The molecule has 2 unspecified atom stereocenters. The first kappa shape index (κ1) is 18.1. The van der Waals surface area contributed by atoms with Gasteiger partial charge in [-0.15, -0.1) is 11.8 Å². The monoisotopic (exact) mass is 368 g/mol. The highest BCUT2D eigenvalue weighted by Gasteiger charge is 2.50. The lowest BCUT2D eigenvalue weighted by Crippen LogP contribution is -2.28. The van der Waals surface area contributed by atoms with Crippen LogP contribution in [-0.2, 0) is 10.1 Å². The van der Waals surface area contributed by atoms with Crippen molar-refractivity contribution in [3.63, 3.8) is 0 Å². The average molecular weight is 368 g/mol. The quantitative estimate of drug-likeness (QED) is 0.450. The van der Waals surface area contributed by atoms with Gasteiger partial charge in [0.2, 0.25) is 0 Å². The van der Waals surface area contributed by atoms with E-state index in [-0.39, 0.29) is 21.8 Å². The predicted molar refractivity (Wildman–Crippen MR) is 81.1 cm³/mol. The Kier molecular flexibility index (Phi) is 5.00. The number of alkyl halides is 3. The summed E-state index contributed by atoms with van der Waals surface area (Å²) in [6.07, 6.45) is 2.07. The maximum atomic E-state index is 12.5. The van der Waals surface area contributed by atoms with Gasteiger partial charge in [-0.25, -0.2) is 0 Å². The highest BCUT2D eigenvalue weighted by atomic mass is 32.2. The van der Waals surface area contributed by atoms with Crippen molar-refractivity contribution in [3.05, 3.63) is 28.8 Å². The largest absolute Gasteiger partial charge is 0.534 e. The highest BCUT2D eigenvalue weighted by Crippen LogP contribution is 2.63. The van der Waals surface area contributed by atoms with Crippen molar-refractivity contribution >= 4 is 28.2 Å². The highest BCUT2D eigenvalue weighted by molar-refractivity contribution is 8.00. The number of fused-ring (bicyclic) bond motifs is 5. The number of thioether (sulfide) groups is 1. The van der Waals surface area contributed by atoms with Gasteiger partial charge in [0.15, 0.2) is 0 Å². The molecule has 0 saturated carbocycles. The van der Waals surface area contributed by atoms with Crippen LogP contribution in [0.25, 0.3) is 0 Å². The van der Waals surface area contributed by atoms with E-state index in [0.717, 1.165) is 18.9 Å². The Morgan fingerprint density at radius 3 is 2.39 bits per heavy atom. The number of aldehydes is 1. The maximum absolute atomic E-state index is 12.5. The SMILES string of the molecule is CC.O=Cc1cc(OS(=O)(=O)C(F)(F)F)c2c(c1)C1CCC2S1. The Hall–Kier alpha value is -1.22. The fourth-order valence-corrected chi connectivity index (χ4v) is 4.80. The fraction of sp³-hybridized carbons (Fsp3) is 0.500. The molecule has 1 saturated heterocycles. The molecule has 2 atom stereocenters. The number of halogens is 3. The van der Waals surface area contributed by atoms with Crippen molar-refractivity contribution in [2.45, 2.75) is 42.7 Å². The van der Waals surface area contributed by atoms with Crippen LogP contribution in [0.2, 0.25) is 0 Å². The Bertz CT molecular complexity index is 713. The summed E-state index contributed by atoms with van der Waals surface area (Å²) in [5, 5.41) is 0.00461. The van der Waals surface area contributed by atoms with Crippen LogP contribution < -0.4 is 4.18 Å². The molecule has 0 amide bonds. The lowest BCUT2D eigenvalue weighted by molar-refractivity contribution is -0.0500. The normalized spacial score (nSPS) is 22.1. The first-order chi connectivity index (χ1) is 10.7. The van der Waals surface area contributed by atoms with Crippen molar-refractivity contribution in [1.82, 2.24) is 0 Å².